The number of benzene rings is 2. The number of carbonyl (C=O) groups excluding carboxylic acids is 1. The van der Waals surface area contributed by atoms with Gasteiger partial charge in [-0.1, -0.05) is 32.0 Å². The Morgan fingerprint density at radius 2 is 1.64 bits per heavy atom. The molecule has 2 N–H and O–H groups in total. The number of methoxy groups -OCH3 is 2. The Morgan fingerprint density at radius 1 is 1.00 bits per heavy atom. The minimum atomic E-state index is -4.55. The molecule has 28 heavy (non-hydrogen) atoms. The minimum absolute atomic E-state index is 0.197. The Bertz CT molecular complexity index is 836. The zero-order valence-electron chi connectivity index (χ0n) is 16.1. The molecule has 0 aliphatic rings. The van der Waals surface area contributed by atoms with E-state index in [2.05, 4.69) is 10.6 Å². The maximum absolute atomic E-state index is 13.0. The highest BCUT2D eigenvalue weighted by Gasteiger charge is 2.33. The zero-order valence-corrected chi connectivity index (χ0v) is 16.1. The molecule has 2 aromatic rings. The highest BCUT2D eigenvalue weighted by atomic mass is 19.4. The molecule has 0 bridgehead atoms. The average Bonchev–Trinajstić information content (AvgIpc) is 2.65. The first-order chi connectivity index (χ1) is 13.1. The number of hydrogen-bond donors (Lipinski definition) is 2. The van der Waals surface area contributed by atoms with Crippen molar-refractivity contribution >= 4 is 11.7 Å². The van der Waals surface area contributed by atoms with Gasteiger partial charge in [-0.2, -0.15) is 13.2 Å². The Labute approximate surface area is 161 Å². The molecule has 152 valence electrons. The van der Waals surface area contributed by atoms with Crippen molar-refractivity contribution in [1.29, 1.82) is 0 Å². The van der Waals surface area contributed by atoms with Crippen molar-refractivity contribution in [2.45, 2.75) is 25.4 Å². The van der Waals surface area contributed by atoms with Gasteiger partial charge < -0.3 is 20.1 Å². The average molecular weight is 396 g/mol. The Kier molecular flexibility index (Phi) is 6.43. The Hall–Kier alpha value is -2.90. The van der Waals surface area contributed by atoms with Crippen molar-refractivity contribution in [2.24, 2.45) is 0 Å². The number of anilines is 1. The molecule has 0 atom stereocenters. The molecule has 0 unspecified atom stereocenters. The van der Waals surface area contributed by atoms with Crippen molar-refractivity contribution in [1.82, 2.24) is 5.32 Å². The topological polar surface area (TPSA) is 59.6 Å². The van der Waals surface area contributed by atoms with Crippen LogP contribution in [0.3, 0.4) is 0 Å². The van der Waals surface area contributed by atoms with Crippen molar-refractivity contribution < 1.29 is 27.4 Å². The van der Waals surface area contributed by atoms with Gasteiger partial charge >= 0.3 is 12.2 Å². The molecular formula is C20H23F3N2O3. The van der Waals surface area contributed by atoms with Crippen LogP contribution in [-0.2, 0) is 11.6 Å². The van der Waals surface area contributed by atoms with Gasteiger partial charge in [0.15, 0.2) is 11.5 Å². The molecule has 0 heterocycles. The van der Waals surface area contributed by atoms with Gasteiger partial charge in [-0.05, 0) is 29.8 Å². The summed E-state index contributed by atoms with van der Waals surface area (Å²) in [4.78, 5) is 12.2. The van der Waals surface area contributed by atoms with Gasteiger partial charge in [-0.15, -0.1) is 0 Å². The van der Waals surface area contributed by atoms with Crippen LogP contribution in [0.15, 0.2) is 42.5 Å². The van der Waals surface area contributed by atoms with Crippen LogP contribution in [0.25, 0.3) is 0 Å². The molecule has 0 saturated carbocycles. The molecule has 0 aliphatic carbocycles. The molecule has 2 amide bonds. The molecule has 0 radical (unpaired) electrons. The van der Waals surface area contributed by atoms with Crippen molar-refractivity contribution in [3.63, 3.8) is 0 Å². The van der Waals surface area contributed by atoms with Crippen LogP contribution < -0.4 is 20.1 Å². The quantitative estimate of drug-likeness (QED) is 0.736. The normalized spacial score (nSPS) is 11.7. The van der Waals surface area contributed by atoms with Gasteiger partial charge in [0.2, 0.25) is 0 Å². The van der Waals surface area contributed by atoms with E-state index in [9.17, 15) is 18.0 Å². The largest absolute Gasteiger partial charge is 0.493 e. The summed E-state index contributed by atoms with van der Waals surface area (Å²) < 4.78 is 49.6. The van der Waals surface area contributed by atoms with Crippen LogP contribution in [0.2, 0.25) is 0 Å². The van der Waals surface area contributed by atoms with Crippen LogP contribution in [-0.4, -0.2) is 26.8 Å². The van der Waals surface area contributed by atoms with Gasteiger partial charge in [-0.3, -0.25) is 0 Å². The summed E-state index contributed by atoms with van der Waals surface area (Å²) in [5.74, 6) is 1.13. The van der Waals surface area contributed by atoms with Crippen molar-refractivity contribution in [2.75, 3.05) is 26.1 Å². The predicted molar refractivity (Wildman–Crippen MR) is 101 cm³/mol. The number of ether oxygens (including phenoxy) is 2. The highest BCUT2D eigenvalue weighted by Crippen LogP contribution is 2.35. The smallest absolute Gasteiger partial charge is 0.418 e. The number of urea groups is 1. The van der Waals surface area contributed by atoms with E-state index < -0.39 is 23.2 Å². The van der Waals surface area contributed by atoms with E-state index in [4.69, 9.17) is 9.47 Å². The Morgan fingerprint density at radius 3 is 2.25 bits per heavy atom. The summed E-state index contributed by atoms with van der Waals surface area (Å²) in [6, 6.07) is 9.52. The zero-order chi connectivity index (χ0) is 20.9. The van der Waals surface area contributed by atoms with E-state index in [0.29, 0.717) is 11.5 Å². The number of alkyl halides is 3. The number of halogens is 3. The maximum atomic E-state index is 13.0. The van der Waals surface area contributed by atoms with Crippen molar-refractivity contribution in [3.8, 4) is 11.5 Å². The second kappa shape index (κ2) is 8.41. The lowest BCUT2D eigenvalue weighted by Crippen LogP contribution is -2.39. The summed E-state index contributed by atoms with van der Waals surface area (Å²) in [6.45, 7) is 4.00. The first-order valence-electron chi connectivity index (χ1n) is 8.52. The molecule has 0 aromatic heterocycles. The lowest BCUT2D eigenvalue weighted by Gasteiger charge is -2.26. The number of rotatable bonds is 6. The number of carbonyl (C=O) groups is 1. The molecular weight excluding hydrogens is 373 g/mol. The molecule has 2 aromatic carbocycles. The summed E-state index contributed by atoms with van der Waals surface area (Å²) in [6.07, 6.45) is -4.55. The number of nitrogens with one attached hydrogen (secondary N) is 2. The number of para-hydroxylation sites is 1. The third-order valence-electron chi connectivity index (χ3n) is 4.34. The summed E-state index contributed by atoms with van der Waals surface area (Å²) in [7, 11) is 3.06. The summed E-state index contributed by atoms with van der Waals surface area (Å²) in [5, 5.41) is 4.89. The van der Waals surface area contributed by atoms with Gasteiger partial charge in [0, 0.05) is 12.0 Å². The van der Waals surface area contributed by atoms with Crippen LogP contribution in [0.4, 0.5) is 23.7 Å². The molecule has 0 spiro atoms. The Balaban J connectivity index is 2.08. The molecule has 0 fully saturated rings. The van der Waals surface area contributed by atoms with E-state index >= 15 is 0 Å². The fourth-order valence-electron chi connectivity index (χ4n) is 2.67. The molecule has 2 rings (SSSR count). The molecule has 0 saturated heterocycles. The predicted octanol–water partition coefficient (Wildman–Crippen LogP) is 4.82. The van der Waals surface area contributed by atoms with Crippen LogP contribution >= 0.6 is 0 Å². The fourth-order valence-corrected chi connectivity index (χ4v) is 2.67. The lowest BCUT2D eigenvalue weighted by molar-refractivity contribution is -0.136. The van der Waals surface area contributed by atoms with Gasteiger partial charge in [0.1, 0.15) is 0 Å². The SMILES string of the molecule is COc1ccc(C(C)(C)CNC(=O)Nc2ccccc2C(F)(F)F)cc1OC. The first-order valence-corrected chi connectivity index (χ1v) is 8.52. The maximum Gasteiger partial charge on any atom is 0.418 e. The molecule has 0 aliphatic heterocycles. The molecule has 5 nitrogen and oxygen atoms in total. The fraction of sp³-hybridized carbons (Fsp3) is 0.350. The second-order valence-corrected chi connectivity index (χ2v) is 6.80. The summed E-state index contributed by atoms with van der Waals surface area (Å²) >= 11 is 0. The molecule has 8 heteroatoms. The van der Waals surface area contributed by atoms with Crippen molar-refractivity contribution in [3.05, 3.63) is 53.6 Å². The second-order valence-electron chi connectivity index (χ2n) is 6.80. The van der Waals surface area contributed by atoms with Gasteiger partial charge in [-0.25, -0.2) is 4.79 Å². The van der Waals surface area contributed by atoms with E-state index in [1.54, 1.807) is 12.1 Å². The highest BCUT2D eigenvalue weighted by molar-refractivity contribution is 5.90. The van der Waals surface area contributed by atoms with Gasteiger partial charge in [0.05, 0.1) is 25.5 Å². The standard InChI is InChI=1S/C20H23F3N2O3/c1-19(2,13-9-10-16(27-3)17(11-13)28-4)12-24-18(26)25-15-8-6-5-7-14(15)20(21,22)23/h5-11H,12H2,1-4H3,(H2,24,25,26). The summed E-state index contributed by atoms with van der Waals surface area (Å²) in [5.41, 5.74) is -0.817. The van der Waals surface area contributed by atoms with Crippen LogP contribution in [0, 0.1) is 0 Å². The van der Waals surface area contributed by atoms with E-state index in [0.717, 1.165) is 11.6 Å². The van der Waals surface area contributed by atoms with Crippen LogP contribution in [0.5, 0.6) is 11.5 Å². The number of hydrogen-bond acceptors (Lipinski definition) is 3. The number of amides is 2. The van der Waals surface area contributed by atoms with E-state index in [-0.39, 0.29) is 12.2 Å². The lowest BCUT2D eigenvalue weighted by atomic mass is 9.84. The van der Waals surface area contributed by atoms with E-state index in [1.165, 1.54) is 32.4 Å². The third kappa shape index (κ3) is 5.09. The van der Waals surface area contributed by atoms with Crippen LogP contribution in [0.1, 0.15) is 25.0 Å². The first kappa shape index (κ1) is 21.4. The third-order valence-corrected chi connectivity index (χ3v) is 4.34. The van der Waals surface area contributed by atoms with E-state index in [1.807, 2.05) is 19.9 Å². The van der Waals surface area contributed by atoms with Gasteiger partial charge in [0.25, 0.3) is 0 Å². The monoisotopic (exact) mass is 396 g/mol. The minimum Gasteiger partial charge on any atom is -0.493 e.